The standard InChI is InChI=1S/C36H34F6N4O4/c1-6-22-15-25(31-20(4)13-24(37)14-21(31)5)34(39)32(33(22)38)27(17-30(48)49)44-35(50)28(12-19(2)3)46-18-23(8-11-45-10-7-9-43-45)26(16-29(46)47)36(40,41)42/h1,7,9-10,13-16,18-19,27-28H,8,11-12,17H2,2-5H3,(H,44,50)(H,48,49). The molecule has 0 saturated carbocycles. The summed E-state index contributed by atoms with van der Waals surface area (Å²) < 4.78 is 90.7. The number of amides is 1. The van der Waals surface area contributed by atoms with Crippen molar-refractivity contribution >= 4 is 11.9 Å². The molecule has 14 heteroatoms. The molecule has 0 aliphatic heterocycles. The lowest BCUT2D eigenvalue weighted by atomic mass is 9.89. The summed E-state index contributed by atoms with van der Waals surface area (Å²) in [5, 5.41) is 16.1. The lowest BCUT2D eigenvalue weighted by Crippen LogP contribution is -2.41. The summed E-state index contributed by atoms with van der Waals surface area (Å²) in [6.45, 7) is 6.34. The molecule has 2 aromatic heterocycles. The van der Waals surface area contributed by atoms with Crippen molar-refractivity contribution in [1.29, 1.82) is 0 Å². The number of aryl methyl sites for hydroxylation is 4. The molecule has 2 atom stereocenters. The second kappa shape index (κ2) is 15.1. The van der Waals surface area contributed by atoms with E-state index in [2.05, 4.69) is 16.3 Å². The maximum Gasteiger partial charge on any atom is 0.416 e. The number of carboxylic acids is 1. The Hall–Kier alpha value is -5.32. The van der Waals surface area contributed by atoms with Crippen molar-refractivity contribution in [2.45, 2.75) is 71.8 Å². The van der Waals surface area contributed by atoms with Gasteiger partial charge in [-0.1, -0.05) is 19.8 Å². The van der Waals surface area contributed by atoms with Crippen LogP contribution >= 0.6 is 0 Å². The summed E-state index contributed by atoms with van der Waals surface area (Å²) in [4.78, 5) is 39.2. The third-order valence-corrected chi connectivity index (χ3v) is 8.17. The van der Waals surface area contributed by atoms with Crippen molar-refractivity contribution in [1.82, 2.24) is 19.7 Å². The van der Waals surface area contributed by atoms with Crippen LogP contribution < -0.4 is 10.9 Å². The largest absolute Gasteiger partial charge is 0.481 e. The summed E-state index contributed by atoms with van der Waals surface area (Å²) in [6, 6.07) is 1.81. The van der Waals surface area contributed by atoms with Gasteiger partial charge in [0.25, 0.3) is 5.56 Å². The van der Waals surface area contributed by atoms with Gasteiger partial charge in [-0.25, -0.2) is 13.2 Å². The van der Waals surface area contributed by atoms with E-state index in [4.69, 9.17) is 6.42 Å². The number of terminal acetylenes is 1. The van der Waals surface area contributed by atoms with Crippen LogP contribution in [0.1, 0.15) is 72.2 Å². The number of nitrogens with zero attached hydrogens (tertiary/aromatic N) is 3. The lowest BCUT2D eigenvalue weighted by Gasteiger charge is -2.27. The van der Waals surface area contributed by atoms with Crippen molar-refractivity contribution in [3.05, 3.63) is 110 Å². The average Bonchev–Trinajstić information content (AvgIpc) is 3.53. The molecule has 1 amide bonds. The van der Waals surface area contributed by atoms with E-state index in [0.717, 1.165) is 29.0 Å². The van der Waals surface area contributed by atoms with E-state index in [-0.39, 0.29) is 53.1 Å². The highest BCUT2D eigenvalue weighted by Gasteiger charge is 2.36. The second-order valence-electron chi connectivity index (χ2n) is 12.4. The van der Waals surface area contributed by atoms with E-state index in [0.29, 0.717) is 6.07 Å². The summed E-state index contributed by atoms with van der Waals surface area (Å²) in [5.74, 6) is -4.09. The number of carboxylic acid groups (broad SMARTS) is 1. The van der Waals surface area contributed by atoms with Gasteiger partial charge >= 0.3 is 12.1 Å². The first-order chi connectivity index (χ1) is 23.4. The summed E-state index contributed by atoms with van der Waals surface area (Å²) in [7, 11) is 0. The Labute approximate surface area is 283 Å². The predicted octanol–water partition coefficient (Wildman–Crippen LogP) is 6.91. The minimum atomic E-state index is -4.91. The molecule has 0 bridgehead atoms. The minimum Gasteiger partial charge on any atom is -0.481 e. The van der Waals surface area contributed by atoms with E-state index in [1.807, 2.05) is 0 Å². The molecule has 0 saturated heterocycles. The summed E-state index contributed by atoms with van der Waals surface area (Å²) >= 11 is 0. The maximum absolute atomic E-state index is 16.4. The van der Waals surface area contributed by atoms with Crippen molar-refractivity contribution in [2.24, 2.45) is 5.92 Å². The quantitative estimate of drug-likeness (QED) is 0.124. The molecule has 8 nitrogen and oxygen atoms in total. The van der Waals surface area contributed by atoms with E-state index < -0.39 is 76.3 Å². The van der Waals surface area contributed by atoms with Gasteiger partial charge in [-0.3, -0.25) is 19.1 Å². The van der Waals surface area contributed by atoms with E-state index in [9.17, 15) is 37.1 Å². The Morgan fingerprint density at radius 2 is 1.72 bits per heavy atom. The molecule has 0 aliphatic rings. The fourth-order valence-corrected chi connectivity index (χ4v) is 6.01. The van der Waals surface area contributed by atoms with Crippen LogP contribution in [0.5, 0.6) is 0 Å². The van der Waals surface area contributed by atoms with Crippen LogP contribution in [0.2, 0.25) is 0 Å². The fourth-order valence-electron chi connectivity index (χ4n) is 6.01. The van der Waals surface area contributed by atoms with Crippen LogP contribution in [0.4, 0.5) is 26.3 Å². The number of aliphatic carboxylic acids is 1. The third-order valence-electron chi connectivity index (χ3n) is 8.17. The fraction of sp³-hybridized carbons (Fsp3) is 0.333. The van der Waals surface area contributed by atoms with E-state index in [1.165, 1.54) is 24.7 Å². The Morgan fingerprint density at radius 3 is 2.26 bits per heavy atom. The van der Waals surface area contributed by atoms with Gasteiger partial charge in [0.1, 0.15) is 23.5 Å². The minimum absolute atomic E-state index is 0.00935. The highest BCUT2D eigenvalue weighted by Crippen LogP contribution is 2.38. The van der Waals surface area contributed by atoms with Crippen molar-refractivity contribution in [3.8, 4) is 23.5 Å². The number of carbonyl (C=O) groups excluding carboxylic acids is 1. The highest BCUT2D eigenvalue weighted by molar-refractivity contribution is 5.82. The first-order valence-corrected chi connectivity index (χ1v) is 15.5. The monoisotopic (exact) mass is 700 g/mol. The molecule has 50 heavy (non-hydrogen) atoms. The van der Waals surface area contributed by atoms with E-state index >= 15 is 8.78 Å². The molecule has 2 N–H and O–H groups in total. The molecular formula is C36H34F6N4O4. The Balaban J connectivity index is 1.85. The molecule has 0 radical (unpaired) electrons. The molecule has 4 rings (SSSR count). The van der Waals surface area contributed by atoms with Crippen LogP contribution in [0.3, 0.4) is 0 Å². The van der Waals surface area contributed by atoms with Gasteiger partial charge in [0.15, 0.2) is 0 Å². The van der Waals surface area contributed by atoms with Gasteiger partial charge in [0.2, 0.25) is 5.91 Å². The molecule has 264 valence electrons. The third kappa shape index (κ3) is 8.27. The Morgan fingerprint density at radius 1 is 1.06 bits per heavy atom. The second-order valence-corrected chi connectivity index (χ2v) is 12.4. The molecule has 0 spiro atoms. The molecule has 2 aromatic carbocycles. The molecule has 0 fully saturated rings. The number of aromatic nitrogens is 3. The molecule has 2 unspecified atom stereocenters. The van der Waals surface area contributed by atoms with Gasteiger partial charge in [0.05, 0.1) is 23.6 Å². The Kier molecular flexibility index (Phi) is 11.3. The first-order valence-electron chi connectivity index (χ1n) is 15.5. The average molecular weight is 701 g/mol. The topological polar surface area (TPSA) is 106 Å². The van der Waals surface area contributed by atoms with Gasteiger partial charge in [0, 0.05) is 42.3 Å². The van der Waals surface area contributed by atoms with Crippen LogP contribution in [0, 0.1) is 49.6 Å². The van der Waals surface area contributed by atoms with Gasteiger partial charge in [-0.05, 0) is 79.1 Å². The van der Waals surface area contributed by atoms with Crippen molar-refractivity contribution < 1.29 is 41.0 Å². The number of nitrogens with one attached hydrogen (secondary N) is 1. The summed E-state index contributed by atoms with van der Waals surface area (Å²) in [5.41, 5.74) is -3.62. The zero-order valence-electron chi connectivity index (χ0n) is 27.5. The van der Waals surface area contributed by atoms with Crippen LogP contribution in [-0.2, 0) is 28.7 Å². The number of benzene rings is 2. The van der Waals surface area contributed by atoms with Gasteiger partial charge in [-0.15, -0.1) is 6.42 Å². The summed E-state index contributed by atoms with van der Waals surface area (Å²) in [6.07, 6.45) is 3.14. The van der Waals surface area contributed by atoms with Gasteiger partial charge < -0.3 is 15.0 Å². The predicted molar refractivity (Wildman–Crippen MR) is 172 cm³/mol. The first kappa shape index (κ1) is 37.5. The maximum atomic E-state index is 16.4. The number of hydrogen-bond donors (Lipinski definition) is 2. The SMILES string of the molecule is C#Cc1cc(-c2c(C)cc(F)cc2C)c(F)c(C(CC(=O)O)NC(=O)C(CC(C)C)n2cc(CCn3cccn3)c(C(F)(F)F)cc2=O)c1F. The zero-order valence-corrected chi connectivity index (χ0v) is 27.5. The number of hydrogen-bond acceptors (Lipinski definition) is 4. The van der Waals surface area contributed by atoms with Crippen LogP contribution in [0.25, 0.3) is 11.1 Å². The van der Waals surface area contributed by atoms with Crippen LogP contribution in [0.15, 0.2) is 53.7 Å². The number of rotatable bonds is 12. The zero-order chi connectivity index (χ0) is 37.1. The molecule has 4 aromatic rings. The van der Waals surface area contributed by atoms with Crippen LogP contribution in [-0.4, -0.2) is 31.3 Å². The Bertz CT molecular complexity index is 1990. The van der Waals surface area contributed by atoms with Crippen molar-refractivity contribution in [2.75, 3.05) is 0 Å². The highest BCUT2D eigenvalue weighted by atomic mass is 19.4. The molecular weight excluding hydrogens is 666 g/mol. The van der Waals surface area contributed by atoms with Crippen molar-refractivity contribution in [3.63, 3.8) is 0 Å². The van der Waals surface area contributed by atoms with E-state index in [1.54, 1.807) is 26.1 Å². The number of pyridine rings is 1. The van der Waals surface area contributed by atoms with Gasteiger partial charge in [-0.2, -0.15) is 18.3 Å². The number of halogens is 6. The number of carbonyl (C=O) groups is 2. The number of alkyl halides is 3. The lowest BCUT2D eigenvalue weighted by molar-refractivity contribution is -0.139. The normalized spacial score (nSPS) is 12.8. The molecule has 0 aliphatic carbocycles. The molecule has 2 heterocycles. The smallest absolute Gasteiger partial charge is 0.416 e.